The second-order valence-corrected chi connectivity index (χ2v) is 7.45. The molecule has 186 valence electrons. The molecule has 1 aromatic heterocycles. The van der Waals surface area contributed by atoms with Crippen LogP contribution in [0.3, 0.4) is 0 Å². The number of nitrogens with one attached hydrogen (secondary N) is 1. The van der Waals surface area contributed by atoms with Gasteiger partial charge in [-0.25, -0.2) is 9.48 Å². The van der Waals surface area contributed by atoms with Gasteiger partial charge < -0.3 is 10.1 Å². The maximum Gasteiger partial charge on any atom is 0.435 e. The van der Waals surface area contributed by atoms with Crippen LogP contribution in [0.25, 0.3) is 0 Å². The van der Waals surface area contributed by atoms with E-state index >= 15 is 0 Å². The summed E-state index contributed by atoms with van der Waals surface area (Å²) in [6.45, 7) is 0.961. The van der Waals surface area contributed by atoms with Crippen molar-refractivity contribution in [1.82, 2.24) is 20.3 Å². The standard InChI is InChI=1S/C22H18F6N4O3/c1-12(14-5-7-15(8-6-14)20(34)35-2)29-19(33)17-18(22(26,27)28)32(31-30-17)11-13-3-9-16(10-4-13)21(23,24)25/h3-10,12H,11H2,1-2H3,(H,29,33)/t12-/m0/s1. The van der Waals surface area contributed by atoms with Gasteiger partial charge in [-0.1, -0.05) is 29.5 Å². The van der Waals surface area contributed by atoms with Gasteiger partial charge in [-0.05, 0) is 42.3 Å². The van der Waals surface area contributed by atoms with Crippen molar-refractivity contribution >= 4 is 11.9 Å². The van der Waals surface area contributed by atoms with Gasteiger partial charge in [0.1, 0.15) is 0 Å². The van der Waals surface area contributed by atoms with Crippen molar-refractivity contribution in [2.75, 3.05) is 7.11 Å². The molecule has 0 bridgehead atoms. The van der Waals surface area contributed by atoms with Crippen molar-refractivity contribution in [2.24, 2.45) is 0 Å². The highest BCUT2D eigenvalue weighted by Crippen LogP contribution is 2.32. The summed E-state index contributed by atoms with van der Waals surface area (Å²) in [5.41, 5.74) is -2.54. The van der Waals surface area contributed by atoms with Gasteiger partial charge in [-0.3, -0.25) is 4.79 Å². The Morgan fingerprint density at radius 2 is 1.57 bits per heavy atom. The third-order valence-electron chi connectivity index (χ3n) is 5.01. The number of halogens is 6. The molecule has 0 aliphatic rings. The van der Waals surface area contributed by atoms with Gasteiger partial charge in [0.15, 0.2) is 11.4 Å². The number of methoxy groups -OCH3 is 1. The van der Waals surface area contributed by atoms with Crippen molar-refractivity contribution in [3.05, 3.63) is 82.2 Å². The number of ether oxygens (including phenoxy) is 1. The number of nitrogens with zero attached hydrogens (tertiary/aromatic N) is 3. The lowest BCUT2D eigenvalue weighted by atomic mass is 10.1. The maximum absolute atomic E-state index is 13.8. The number of rotatable bonds is 6. The van der Waals surface area contributed by atoms with Crippen LogP contribution >= 0.6 is 0 Å². The second kappa shape index (κ2) is 9.76. The molecular weight excluding hydrogens is 482 g/mol. The summed E-state index contributed by atoms with van der Waals surface area (Å²) in [5.74, 6) is -1.73. The lowest BCUT2D eigenvalue weighted by molar-refractivity contribution is -0.144. The van der Waals surface area contributed by atoms with E-state index in [0.717, 1.165) is 24.3 Å². The van der Waals surface area contributed by atoms with Crippen LogP contribution in [0.1, 0.15) is 56.2 Å². The zero-order chi connectivity index (χ0) is 26.0. The molecule has 13 heteroatoms. The number of benzene rings is 2. The van der Waals surface area contributed by atoms with Gasteiger partial charge in [-0.15, -0.1) is 5.10 Å². The molecule has 1 N–H and O–H groups in total. The Balaban J connectivity index is 1.81. The normalized spacial score (nSPS) is 12.8. The Morgan fingerprint density at radius 3 is 2.09 bits per heavy atom. The third-order valence-corrected chi connectivity index (χ3v) is 5.01. The first kappa shape index (κ1) is 25.7. The number of carbonyl (C=O) groups excluding carboxylic acids is 2. The minimum absolute atomic E-state index is 0.0967. The topological polar surface area (TPSA) is 86.1 Å². The Morgan fingerprint density at radius 1 is 0.971 bits per heavy atom. The Bertz CT molecular complexity index is 1200. The van der Waals surface area contributed by atoms with Crippen molar-refractivity contribution < 1.29 is 40.7 Å². The molecule has 0 radical (unpaired) electrons. The fourth-order valence-electron chi connectivity index (χ4n) is 3.20. The molecule has 3 rings (SSSR count). The first-order valence-corrected chi connectivity index (χ1v) is 9.97. The number of alkyl halides is 6. The van der Waals surface area contributed by atoms with Gasteiger partial charge in [0.25, 0.3) is 5.91 Å². The second-order valence-electron chi connectivity index (χ2n) is 7.45. The van der Waals surface area contributed by atoms with E-state index in [1.54, 1.807) is 0 Å². The average molecular weight is 500 g/mol. The molecule has 1 amide bonds. The Labute approximate surface area is 194 Å². The van der Waals surface area contributed by atoms with Crippen LogP contribution in [0.2, 0.25) is 0 Å². The molecule has 0 saturated carbocycles. The Kier molecular flexibility index (Phi) is 7.17. The van der Waals surface area contributed by atoms with Crippen LogP contribution in [-0.4, -0.2) is 34.0 Å². The summed E-state index contributed by atoms with van der Waals surface area (Å²) < 4.78 is 84.4. The number of hydrogen-bond donors (Lipinski definition) is 1. The fraction of sp³-hybridized carbons (Fsp3) is 0.273. The van der Waals surface area contributed by atoms with Crippen molar-refractivity contribution in [3.63, 3.8) is 0 Å². The Hall–Kier alpha value is -3.90. The SMILES string of the molecule is COC(=O)c1ccc([C@H](C)NC(=O)c2nnn(Cc3ccc(C(F)(F)F)cc3)c2C(F)(F)F)cc1. The largest absolute Gasteiger partial charge is 0.465 e. The number of aromatic nitrogens is 3. The van der Waals surface area contributed by atoms with Crippen molar-refractivity contribution in [1.29, 1.82) is 0 Å². The summed E-state index contributed by atoms with van der Waals surface area (Å²) in [5, 5.41) is 9.17. The van der Waals surface area contributed by atoms with Gasteiger partial charge in [0.2, 0.25) is 0 Å². The third kappa shape index (κ3) is 5.97. The molecule has 3 aromatic rings. The lowest BCUT2D eigenvalue weighted by Crippen LogP contribution is -2.29. The zero-order valence-corrected chi connectivity index (χ0v) is 18.2. The minimum Gasteiger partial charge on any atom is -0.465 e. The van der Waals surface area contributed by atoms with Crippen LogP contribution in [0.5, 0.6) is 0 Å². The quantitative estimate of drug-likeness (QED) is 0.394. The van der Waals surface area contributed by atoms with Crippen LogP contribution in [0.15, 0.2) is 48.5 Å². The molecule has 0 aliphatic heterocycles. The summed E-state index contributed by atoms with van der Waals surface area (Å²) in [4.78, 5) is 24.1. The summed E-state index contributed by atoms with van der Waals surface area (Å²) in [6, 6.07) is 8.63. The zero-order valence-electron chi connectivity index (χ0n) is 18.2. The van der Waals surface area contributed by atoms with Crippen molar-refractivity contribution in [2.45, 2.75) is 31.9 Å². The van der Waals surface area contributed by atoms with Crippen LogP contribution in [0.4, 0.5) is 26.3 Å². The highest BCUT2D eigenvalue weighted by Gasteiger charge is 2.41. The van der Waals surface area contributed by atoms with E-state index in [-0.39, 0.29) is 11.1 Å². The molecule has 0 fully saturated rings. The van der Waals surface area contributed by atoms with Crippen LogP contribution in [-0.2, 0) is 23.6 Å². The van der Waals surface area contributed by atoms with E-state index in [0.29, 0.717) is 10.2 Å². The molecule has 2 aromatic carbocycles. The number of esters is 1. The van der Waals surface area contributed by atoms with Gasteiger partial charge in [0, 0.05) is 0 Å². The molecule has 35 heavy (non-hydrogen) atoms. The fourth-order valence-corrected chi connectivity index (χ4v) is 3.20. The van der Waals surface area contributed by atoms with Crippen LogP contribution < -0.4 is 5.32 Å². The van der Waals surface area contributed by atoms with E-state index in [9.17, 15) is 35.9 Å². The van der Waals surface area contributed by atoms with Gasteiger partial charge in [0.05, 0.1) is 30.8 Å². The molecule has 1 heterocycles. The van der Waals surface area contributed by atoms with E-state index in [2.05, 4.69) is 20.4 Å². The molecule has 0 unspecified atom stereocenters. The maximum atomic E-state index is 13.8. The monoisotopic (exact) mass is 500 g/mol. The van der Waals surface area contributed by atoms with Gasteiger partial charge >= 0.3 is 18.3 Å². The summed E-state index contributed by atoms with van der Waals surface area (Å²) in [7, 11) is 1.21. The molecular formula is C22H18F6N4O3. The predicted molar refractivity (Wildman–Crippen MR) is 109 cm³/mol. The van der Waals surface area contributed by atoms with E-state index in [1.807, 2.05) is 0 Å². The molecule has 1 atom stereocenters. The van der Waals surface area contributed by atoms with Crippen LogP contribution in [0, 0.1) is 0 Å². The molecule has 0 saturated heterocycles. The highest BCUT2D eigenvalue weighted by molar-refractivity contribution is 5.93. The first-order valence-electron chi connectivity index (χ1n) is 9.97. The predicted octanol–water partition coefficient (Wildman–Crippen LogP) is 4.64. The number of hydrogen-bond acceptors (Lipinski definition) is 5. The smallest absolute Gasteiger partial charge is 0.435 e. The highest BCUT2D eigenvalue weighted by atomic mass is 19.4. The molecule has 7 nitrogen and oxygen atoms in total. The van der Waals surface area contributed by atoms with Crippen molar-refractivity contribution in [3.8, 4) is 0 Å². The van der Waals surface area contributed by atoms with E-state index in [4.69, 9.17) is 0 Å². The lowest BCUT2D eigenvalue weighted by Gasteiger charge is -2.15. The van der Waals surface area contributed by atoms with E-state index in [1.165, 1.54) is 38.3 Å². The summed E-state index contributed by atoms with van der Waals surface area (Å²) >= 11 is 0. The van der Waals surface area contributed by atoms with E-state index < -0.39 is 53.8 Å². The number of amides is 1. The number of carbonyl (C=O) groups is 2. The average Bonchev–Trinajstić information content (AvgIpc) is 3.22. The van der Waals surface area contributed by atoms with Gasteiger partial charge in [-0.2, -0.15) is 26.3 Å². The first-order chi connectivity index (χ1) is 16.3. The molecule has 0 spiro atoms. The summed E-state index contributed by atoms with van der Waals surface area (Å²) in [6.07, 6.45) is -9.61. The molecule has 0 aliphatic carbocycles. The minimum atomic E-state index is -5.02.